The first-order valence-corrected chi connectivity index (χ1v) is 7.53. The summed E-state index contributed by atoms with van der Waals surface area (Å²) in [6, 6.07) is 3.36. The molecule has 6 nitrogen and oxygen atoms in total. The molecule has 0 bridgehead atoms. The van der Waals surface area contributed by atoms with Gasteiger partial charge in [-0.3, -0.25) is 9.59 Å². The number of rotatable bonds is 1. The molecule has 1 aromatic rings. The molecule has 1 aromatic carbocycles. The van der Waals surface area contributed by atoms with Crippen LogP contribution in [0.25, 0.3) is 0 Å². The maximum atomic E-state index is 12.5. The lowest BCUT2D eigenvalue weighted by Crippen LogP contribution is -2.37. The zero-order chi connectivity index (χ0) is 16.7. The zero-order valence-corrected chi connectivity index (χ0v) is 14.4. The Balaban J connectivity index is 2.37. The molecule has 0 saturated heterocycles. The van der Waals surface area contributed by atoms with Crippen LogP contribution < -0.4 is 5.32 Å². The quantitative estimate of drug-likeness (QED) is 0.824. The molecule has 118 valence electrons. The molecule has 0 aliphatic carbocycles. The fraction of sp³-hybridized carbons (Fsp3) is 0.400. The zero-order valence-electron chi connectivity index (χ0n) is 12.8. The minimum Gasteiger partial charge on any atom is -0.443 e. The molecule has 3 amide bonds. The molecule has 1 N–H and O–H groups in total. The van der Waals surface area contributed by atoms with Gasteiger partial charge in [0.1, 0.15) is 5.60 Å². The summed E-state index contributed by atoms with van der Waals surface area (Å²) in [6.07, 6.45) is -0.700. The number of carbonyl (C=O) groups excluding carboxylic acids is 3. The molecule has 22 heavy (non-hydrogen) atoms. The fourth-order valence-corrected chi connectivity index (χ4v) is 2.60. The first-order valence-electron chi connectivity index (χ1n) is 6.74. The lowest BCUT2D eigenvalue weighted by Gasteiger charge is -2.23. The van der Waals surface area contributed by atoms with Gasteiger partial charge in [0.25, 0.3) is 5.91 Å². The van der Waals surface area contributed by atoms with Gasteiger partial charge < -0.3 is 10.1 Å². The van der Waals surface area contributed by atoms with Crippen LogP contribution in [-0.2, 0) is 16.1 Å². The van der Waals surface area contributed by atoms with Crippen LogP contribution in [0.1, 0.15) is 43.6 Å². The number of nitrogens with one attached hydrogen (secondary N) is 1. The molecule has 1 aliphatic rings. The second-order valence-corrected chi connectivity index (χ2v) is 6.86. The number of halogens is 1. The van der Waals surface area contributed by atoms with Gasteiger partial charge in [-0.1, -0.05) is 15.9 Å². The van der Waals surface area contributed by atoms with Gasteiger partial charge in [0.15, 0.2) is 0 Å². The number of anilines is 1. The van der Waals surface area contributed by atoms with E-state index in [1.165, 1.54) is 6.92 Å². The van der Waals surface area contributed by atoms with Crippen LogP contribution in [0.2, 0.25) is 0 Å². The number of hydrogen-bond donors (Lipinski definition) is 1. The van der Waals surface area contributed by atoms with E-state index in [1.807, 2.05) is 0 Å². The van der Waals surface area contributed by atoms with Crippen LogP contribution in [0.3, 0.4) is 0 Å². The van der Waals surface area contributed by atoms with Crippen molar-refractivity contribution >= 4 is 39.5 Å². The summed E-state index contributed by atoms with van der Waals surface area (Å²) in [5.74, 6) is -0.762. The molecule has 0 spiro atoms. The Morgan fingerprint density at radius 3 is 2.50 bits per heavy atom. The van der Waals surface area contributed by atoms with Crippen molar-refractivity contribution in [3.8, 4) is 0 Å². The van der Waals surface area contributed by atoms with Gasteiger partial charge >= 0.3 is 6.09 Å². The smallest absolute Gasteiger partial charge is 0.417 e. The minimum absolute atomic E-state index is 0.108. The Kier molecular flexibility index (Phi) is 4.28. The minimum atomic E-state index is -0.700. The first-order chi connectivity index (χ1) is 10.1. The summed E-state index contributed by atoms with van der Waals surface area (Å²) < 4.78 is 5.95. The molecule has 1 aliphatic heterocycles. The van der Waals surface area contributed by atoms with Gasteiger partial charge in [-0.25, -0.2) is 9.69 Å². The van der Waals surface area contributed by atoms with Crippen molar-refractivity contribution in [2.24, 2.45) is 0 Å². The SMILES string of the molecule is CC(=O)Nc1ccc(Br)c2c1C(=O)N(C(=O)OC(C)(C)C)C2. The molecule has 0 saturated carbocycles. The van der Waals surface area contributed by atoms with Gasteiger partial charge in [-0.2, -0.15) is 0 Å². The molecule has 7 heteroatoms. The number of hydrogen-bond acceptors (Lipinski definition) is 4. The van der Waals surface area contributed by atoms with E-state index in [1.54, 1.807) is 32.9 Å². The third-order valence-electron chi connectivity index (χ3n) is 2.96. The summed E-state index contributed by atoms with van der Waals surface area (Å²) >= 11 is 3.37. The Hall–Kier alpha value is -1.89. The third kappa shape index (κ3) is 3.30. The highest BCUT2D eigenvalue weighted by molar-refractivity contribution is 9.10. The largest absolute Gasteiger partial charge is 0.443 e. The molecule has 1 heterocycles. The molecule has 2 rings (SSSR count). The highest BCUT2D eigenvalue weighted by Crippen LogP contribution is 2.35. The molecular formula is C15H17BrN2O4. The molecule has 0 fully saturated rings. The topological polar surface area (TPSA) is 75.7 Å². The van der Waals surface area contributed by atoms with E-state index in [2.05, 4.69) is 21.2 Å². The lowest BCUT2D eigenvalue weighted by atomic mass is 10.1. The number of fused-ring (bicyclic) bond motifs is 1. The van der Waals surface area contributed by atoms with Crippen LogP contribution in [0.4, 0.5) is 10.5 Å². The summed E-state index contributed by atoms with van der Waals surface area (Å²) in [5.41, 5.74) is 0.670. The van der Waals surface area contributed by atoms with E-state index in [4.69, 9.17) is 4.74 Å². The average Bonchev–Trinajstić information content (AvgIpc) is 2.69. The lowest BCUT2D eigenvalue weighted by molar-refractivity contribution is -0.114. The van der Waals surface area contributed by atoms with Crippen LogP contribution in [0.5, 0.6) is 0 Å². The number of nitrogens with zero attached hydrogens (tertiary/aromatic N) is 1. The van der Waals surface area contributed by atoms with Crippen molar-refractivity contribution < 1.29 is 19.1 Å². The second kappa shape index (κ2) is 5.72. The summed E-state index contributed by atoms with van der Waals surface area (Å²) in [4.78, 5) is 37.0. The van der Waals surface area contributed by atoms with Crippen LogP contribution in [0, 0.1) is 0 Å². The van der Waals surface area contributed by atoms with E-state index in [9.17, 15) is 14.4 Å². The van der Waals surface area contributed by atoms with E-state index >= 15 is 0 Å². The molecule has 0 aromatic heterocycles. The number of carbonyl (C=O) groups is 3. The van der Waals surface area contributed by atoms with Gasteiger partial charge in [-0.05, 0) is 32.9 Å². The number of ether oxygens (including phenoxy) is 1. The van der Waals surface area contributed by atoms with E-state index in [-0.39, 0.29) is 12.5 Å². The number of benzene rings is 1. The molecule has 0 atom stereocenters. The second-order valence-electron chi connectivity index (χ2n) is 6.00. The highest BCUT2D eigenvalue weighted by Gasteiger charge is 2.38. The molecule has 0 unspecified atom stereocenters. The van der Waals surface area contributed by atoms with Crippen molar-refractivity contribution in [1.29, 1.82) is 0 Å². The van der Waals surface area contributed by atoms with Crippen LogP contribution in [-0.4, -0.2) is 28.4 Å². The van der Waals surface area contributed by atoms with Gasteiger partial charge in [0.2, 0.25) is 5.91 Å². The monoisotopic (exact) mass is 368 g/mol. The maximum absolute atomic E-state index is 12.5. The summed E-state index contributed by atoms with van der Waals surface area (Å²) in [6.45, 7) is 6.67. The van der Waals surface area contributed by atoms with E-state index in [0.717, 1.165) is 4.90 Å². The van der Waals surface area contributed by atoms with Gasteiger partial charge in [0, 0.05) is 17.0 Å². The first kappa shape index (κ1) is 16.5. The normalized spacial score (nSPS) is 13.9. The van der Waals surface area contributed by atoms with E-state index in [0.29, 0.717) is 21.3 Å². The third-order valence-corrected chi connectivity index (χ3v) is 3.70. The summed E-state index contributed by atoms with van der Waals surface area (Å²) in [5, 5.41) is 2.61. The predicted octanol–water partition coefficient (Wildman–Crippen LogP) is 3.30. The number of imide groups is 1. The Morgan fingerprint density at radius 2 is 1.95 bits per heavy atom. The Bertz CT molecular complexity index is 664. The highest BCUT2D eigenvalue weighted by atomic mass is 79.9. The van der Waals surface area contributed by atoms with Crippen LogP contribution >= 0.6 is 15.9 Å². The average molecular weight is 369 g/mol. The molecular weight excluding hydrogens is 352 g/mol. The molecule has 0 radical (unpaired) electrons. The van der Waals surface area contributed by atoms with Crippen molar-refractivity contribution in [3.05, 3.63) is 27.7 Å². The number of amides is 3. The van der Waals surface area contributed by atoms with Crippen molar-refractivity contribution in [1.82, 2.24) is 4.90 Å². The van der Waals surface area contributed by atoms with Gasteiger partial charge in [0.05, 0.1) is 17.8 Å². The maximum Gasteiger partial charge on any atom is 0.417 e. The van der Waals surface area contributed by atoms with Crippen molar-refractivity contribution in [2.75, 3.05) is 5.32 Å². The Labute approximate surface area is 136 Å². The standard InChI is InChI=1S/C15H17BrN2O4/c1-8(19)17-11-6-5-10(16)9-7-18(13(20)12(9)11)14(21)22-15(2,3)4/h5-6H,7H2,1-4H3,(H,17,19). The van der Waals surface area contributed by atoms with E-state index < -0.39 is 17.6 Å². The fourth-order valence-electron chi connectivity index (χ4n) is 2.14. The summed E-state index contributed by atoms with van der Waals surface area (Å²) in [7, 11) is 0. The van der Waals surface area contributed by atoms with Gasteiger partial charge in [-0.15, -0.1) is 0 Å². The van der Waals surface area contributed by atoms with Crippen LogP contribution in [0.15, 0.2) is 16.6 Å². The Morgan fingerprint density at radius 1 is 1.32 bits per heavy atom. The van der Waals surface area contributed by atoms with Crippen molar-refractivity contribution in [2.45, 2.75) is 39.8 Å². The predicted molar refractivity (Wildman–Crippen MR) is 84.6 cm³/mol. The van der Waals surface area contributed by atoms with Crippen molar-refractivity contribution in [3.63, 3.8) is 0 Å².